The molecular formula is C22H28N2O3. The van der Waals surface area contributed by atoms with Gasteiger partial charge in [0.25, 0.3) is 0 Å². The van der Waals surface area contributed by atoms with E-state index in [2.05, 4.69) is 28.9 Å². The number of carbonyl (C=O) groups excluding carboxylic acids is 1. The fraction of sp³-hybridized carbons (Fsp3) is 0.591. The lowest BCUT2D eigenvalue weighted by Gasteiger charge is -2.57. The van der Waals surface area contributed by atoms with Gasteiger partial charge < -0.3 is 14.5 Å². The van der Waals surface area contributed by atoms with Crippen molar-refractivity contribution in [2.45, 2.75) is 44.1 Å². The summed E-state index contributed by atoms with van der Waals surface area (Å²) in [5, 5.41) is 1.19. The monoisotopic (exact) mass is 368 g/mol. The van der Waals surface area contributed by atoms with E-state index in [0.29, 0.717) is 11.8 Å². The first-order chi connectivity index (χ1) is 13.1. The SMILES string of the molecule is CCC1CC2CN3CCc4c([nH]c5ccc(OC)cc45)C(C(=O)OC)(C2)C13. The number of ether oxygens (including phenoxy) is 2. The number of hydrogen-bond donors (Lipinski definition) is 1. The van der Waals surface area contributed by atoms with Crippen LogP contribution in [0.2, 0.25) is 0 Å². The van der Waals surface area contributed by atoms with Gasteiger partial charge in [0.2, 0.25) is 0 Å². The standard InChI is InChI=1S/C22H28N2O3/c1-4-14-9-13-11-22(21(25)27-3)19-16(7-8-24(12-13)20(14)22)17-10-15(26-2)5-6-18(17)23-19/h5-6,10,13-14,20,23H,4,7-9,11-12H2,1-3H3. The van der Waals surface area contributed by atoms with Gasteiger partial charge in [0, 0.05) is 35.7 Å². The smallest absolute Gasteiger partial charge is 0.319 e. The van der Waals surface area contributed by atoms with Gasteiger partial charge in [-0.3, -0.25) is 9.69 Å². The zero-order valence-corrected chi connectivity index (χ0v) is 16.4. The minimum absolute atomic E-state index is 0.0676. The molecule has 4 heterocycles. The van der Waals surface area contributed by atoms with Crippen LogP contribution in [0, 0.1) is 11.8 Å². The lowest BCUT2D eigenvalue weighted by Crippen LogP contribution is -2.67. The maximum absolute atomic E-state index is 13.4. The predicted molar refractivity (Wildman–Crippen MR) is 104 cm³/mol. The number of carbonyl (C=O) groups is 1. The van der Waals surface area contributed by atoms with E-state index in [1.54, 1.807) is 14.2 Å². The molecule has 5 heteroatoms. The summed E-state index contributed by atoms with van der Waals surface area (Å²) in [6.07, 6.45) is 4.20. The summed E-state index contributed by atoms with van der Waals surface area (Å²) in [4.78, 5) is 19.6. The summed E-state index contributed by atoms with van der Waals surface area (Å²) < 4.78 is 10.9. The van der Waals surface area contributed by atoms with Crippen molar-refractivity contribution in [1.82, 2.24) is 9.88 Å². The van der Waals surface area contributed by atoms with Gasteiger partial charge >= 0.3 is 5.97 Å². The molecule has 6 rings (SSSR count). The maximum atomic E-state index is 13.4. The maximum Gasteiger partial charge on any atom is 0.319 e. The van der Waals surface area contributed by atoms with Crippen molar-refractivity contribution in [2.75, 3.05) is 27.3 Å². The number of fused-ring (bicyclic) bond motifs is 4. The van der Waals surface area contributed by atoms with Crippen molar-refractivity contribution in [3.63, 3.8) is 0 Å². The lowest BCUT2D eigenvalue weighted by atomic mass is 9.56. The highest BCUT2D eigenvalue weighted by molar-refractivity contribution is 5.92. The van der Waals surface area contributed by atoms with E-state index in [0.717, 1.165) is 49.3 Å². The van der Waals surface area contributed by atoms with Gasteiger partial charge in [-0.2, -0.15) is 0 Å². The largest absolute Gasteiger partial charge is 0.497 e. The first-order valence-electron chi connectivity index (χ1n) is 10.1. The van der Waals surface area contributed by atoms with E-state index in [1.165, 1.54) is 17.4 Å². The fourth-order valence-corrected chi connectivity index (χ4v) is 6.42. The van der Waals surface area contributed by atoms with Crippen molar-refractivity contribution in [3.05, 3.63) is 29.5 Å². The molecule has 0 radical (unpaired) electrons. The van der Waals surface area contributed by atoms with Crippen molar-refractivity contribution in [2.24, 2.45) is 11.8 Å². The second kappa shape index (κ2) is 5.99. The molecule has 2 saturated heterocycles. The summed E-state index contributed by atoms with van der Waals surface area (Å²) in [6.45, 7) is 4.39. The zero-order chi connectivity index (χ0) is 18.8. The average molecular weight is 368 g/mol. The van der Waals surface area contributed by atoms with Gasteiger partial charge in [-0.25, -0.2) is 0 Å². The van der Waals surface area contributed by atoms with Crippen molar-refractivity contribution >= 4 is 16.9 Å². The molecule has 4 bridgehead atoms. The minimum atomic E-state index is -0.575. The van der Waals surface area contributed by atoms with E-state index in [9.17, 15) is 4.79 Å². The van der Waals surface area contributed by atoms with Crippen LogP contribution in [0.3, 0.4) is 0 Å². The summed E-state index contributed by atoms with van der Waals surface area (Å²) in [7, 11) is 3.24. The third-order valence-corrected chi connectivity index (χ3v) is 7.37. The van der Waals surface area contributed by atoms with E-state index < -0.39 is 5.41 Å². The van der Waals surface area contributed by atoms with Crippen LogP contribution in [-0.2, 0) is 21.4 Å². The van der Waals surface area contributed by atoms with E-state index >= 15 is 0 Å². The molecule has 3 aliphatic heterocycles. The summed E-state index contributed by atoms with van der Waals surface area (Å²) >= 11 is 0. The van der Waals surface area contributed by atoms with Crippen molar-refractivity contribution < 1.29 is 14.3 Å². The Morgan fingerprint density at radius 3 is 2.96 bits per heavy atom. The first kappa shape index (κ1) is 17.1. The van der Waals surface area contributed by atoms with Crippen LogP contribution in [0.4, 0.5) is 0 Å². The highest BCUT2D eigenvalue weighted by Crippen LogP contribution is 2.55. The van der Waals surface area contributed by atoms with Crippen LogP contribution in [0.5, 0.6) is 5.75 Å². The number of nitrogens with zero attached hydrogens (tertiary/aromatic N) is 1. The summed E-state index contributed by atoms with van der Waals surface area (Å²) in [5.74, 6) is 1.90. The van der Waals surface area contributed by atoms with Gasteiger partial charge in [-0.1, -0.05) is 13.3 Å². The topological polar surface area (TPSA) is 54.6 Å². The predicted octanol–water partition coefficient (Wildman–Crippen LogP) is 3.26. The number of methoxy groups -OCH3 is 2. The molecule has 2 aromatic rings. The number of aromatic nitrogens is 1. The molecule has 1 aliphatic carbocycles. The average Bonchev–Trinajstić information content (AvgIpc) is 3.04. The molecule has 27 heavy (non-hydrogen) atoms. The number of nitrogens with one attached hydrogen (secondary N) is 1. The second-order valence-corrected chi connectivity index (χ2v) is 8.52. The van der Waals surface area contributed by atoms with Crippen LogP contribution in [-0.4, -0.2) is 49.2 Å². The molecule has 4 aliphatic rings. The van der Waals surface area contributed by atoms with Gasteiger partial charge in [0.15, 0.2) is 0 Å². The van der Waals surface area contributed by atoms with Gasteiger partial charge in [0.05, 0.1) is 14.2 Å². The zero-order valence-electron chi connectivity index (χ0n) is 16.4. The van der Waals surface area contributed by atoms with Gasteiger partial charge in [-0.05, 0) is 54.9 Å². The molecule has 5 nitrogen and oxygen atoms in total. The minimum Gasteiger partial charge on any atom is -0.497 e. The van der Waals surface area contributed by atoms with Crippen LogP contribution in [0.25, 0.3) is 10.9 Å². The number of hydrogen-bond acceptors (Lipinski definition) is 4. The Kier molecular flexibility index (Phi) is 3.80. The Bertz CT molecular complexity index is 904. The van der Waals surface area contributed by atoms with E-state index in [1.807, 2.05) is 6.07 Å². The number of esters is 1. The molecule has 5 atom stereocenters. The molecule has 1 aromatic heterocycles. The van der Waals surface area contributed by atoms with Crippen molar-refractivity contribution in [1.29, 1.82) is 0 Å². The quantitative estimate of drug-likeness (QED) is 0.845. The summed E-state index contributed by atoms with van der Waals surface area (Å²) in [5.41, 5.74) is 2.90. The molecule has 144 valence electrons. The van der Waals surface area contributed by atoms with Crippen molar-refractivity contribution in [3.8, 4) is 5.75 Å². The number of aromatic amines is 1. The van der Waals surface area contributed by atoms with Gasteiger partial charge in [0.1, 0.15) is 11.2 Å². The normalized spacial score (nSPS) is 34.2. The number of benzene rings is 1. The molecule has 0 amide bonds. The van der Waals surface area contributed by atoms with Crippen LogP contribution < -0.4 is 4.74 Å². The summed E-state index contributed by atoms with van der Waals surface area (Å²) in [6, 6.07) is 6.40. The van der Waals surface area contributed by atoms with Crippen LogP contribution in [0.15, 0.2) is 18.2 Å². The number of piperidine rings is 2. The van der Waals surface area contributed by atoms with E-state index in [4.69, 9.17) is 9.47 Å². The highest BCUT2D eigenvalue weighted by atomic mass is 16.5. The van der Waals surface area contributed by atoms with Crippen LogP contribution >= 0.6 is 0 Å². The lowest BCUT2D eigenvalue weighted by molar-refractivity contribution is -0.162. The molecule has 1 saturated carbocycles. The fourth-order valence-electron chi connectivity index (χ4n) is 6.42. The Morgan fingerprint density at radius 2 is 2.22 bits per heavy atom. The molecule has 3 fully saturated rings. The Hall–Kier alpha value is -2.01. The number of rotatable bonds is 3. The molecule has 0 spiro atoms. The Labute approximate surface area is 160 Å². The molecule has 1 N–H and O–H groups in total. The molecular weight excluding hydrogens is 340 g/mol. The van der Waals surface area contributed by atoms with Crippen LogP contribution in [0.1, 0.15) is 37.4 Å². The third-order valence-electron chi connectivity index (χ3n) is 7.37. The third kappa shape index (κ3) is 2.18. The Balaban J connectivity index is 1.79. The van der Waals surface area contributed by atoms with Gasteiger partial charge in [-0.15, -0.1) is 0 Å². The number of H-pyrrole nitrogens is 1. The highest BCUT2D eigenvalue weighted by Gasteiger charge is 2.62. The Morgan fingerprint density at radius 1 is 1.37 bits per heavy atom. The molecule has 5 unspecified atom stereocenters. The van der Waals surface area contributed by atoms with E-state index in [-0.39, 0.29) is 12.0 Å². The molecule has 1 aromatic carbocycles. The first-order valence-corrected chi connectivity index (χ1v) is 10.1. The second-order valence-electron chi connectivity index (χ2n) is 8.52.